The average Bonchev–Trinajstić information content (AvgIpc) is 2.38. The van der Waals surface area contributed by atoms with E-state index in [0.717, 1.165) is 17.7 Å². The summed E-state index contributed by atoms with van der Waals surface area (Å²) in [6.07, 6.45) is -3.92. The summed E-state index contributed by atoms with van der Waals surface area (Å²) in [4.78, 5) is 11.1. The van der Waals surface area contributed by atoms with Crippen LogP contribution in [-0.2, 0) is 12.6 Å². The predicted molar refractivity (Wildman–Crippen MR) is 70.7 cm³/mol. The predicted octanol–water partition coefficient (Wildman–Crippen LogP) is 4.50. The van der Waals surface area contributed by atoms with Crippen LogP contribution in [0.15, 0.2) is 48.5 Å². The Hall–Kier alpha value is -2.10. The first kappa shape index (κ1) is 14.3. The van der Waals surface area contributed by atoms with Crippen LogP contribution in [0.5, 0.6) is 0 Å². The van der Waals surface area contributed by atoms with Gasteiger partial charge in [-0.3, -0.25) is 4.79 Å². The molecular formula is C16H13F3O. The normalized spacial score (nSPS) is 11.4. The van der Waals surface area contributed by atoms with Gasteiger partial charge in [0, 0.05) is 5.56 Å². The SMILES string of the molecule is CC(=O)c1ccc(Cc2cccc(C(F)(F)F)c2)cc1. The smallest absolute Gasteiger partial charge is 0.295 e. The molecule has 0 fully saturated rings. The zero-order chi connectivity index (χ0) is 14.8. The van der Waals surface area contributed by atoms with Crippen LogP contribution in [-0.4, -0.2) is 5.78 Å². The Morgan fingerprint density at radius 1 is 1.00 bits per heavy atom. The molecule has 1 nitrogen and oxygen atoms in total. The number of Topliss-reactive ketones (excluding diaryl/α,β-unsaturated/α-hetero) is 1. The minimum absolute atomic E-state index is 0.0318. The Bertz CT molecular complexity index is 612. The molecule has 2 aromatic carbocycles. The van der Waals surface area contributed by atoms with Crippen molar-refractivity contribution < 1.29 is 18.0 Å². The number of carbonyl (C=O) groups excluding carboxylic acids is 1. The summed E-state index contributed by atoms with van der Waals surface area (Å²) in [6, 6.07) is 12.2. The van der Waals surface area contributed by atoms with E-state index in [0.29, 0.717) is 17.5 Å². The van der Waals surface area contributed by atoms with Crippen molar-refractivity contribution in [3.63, 3.8) is 0 Å². The fourth-order valence-electron chi connectivity index (χ4n) is 1.95. The van der Waals surface area contributed by atoms with Crippen molar-refractivity contribution in [1.29, 1.82) is 0 Å². The molecule has 0 heterocycles. The molecular weight excluding hydrogens is 265 g/mol. The number of carbonyl (C=O) groups is 1. The zero-order valence-corrected chi connectivity index (χ0v) is 10.9. The first-order valence-corrected chi connectivity index (χ1v) is 6.12. The first-order valence-electron chi connectivity index (χ1n) is 6.12. The van der Waals surface area contributed by atoms with Crippen LogP contribution < -0.4 is 0 Å². The molecule has 0 amide bonds. The lowest BCUT2D eigenvalue weighted by Gasteiger charge is -2.09. The topological polar surface area (TPSA) is 17.1 Å². The molecule has 104 valence electrons. The molecule has 0 aliphatic heterocycles. The number of hydrogen-bond acceptors (Lipinski definition) is 1. The molecule has 0 N–H and O–H groups in total. The van der Waals surface area contributed by atoms with Crippen LogP contribution in [0.25, 0.3) is 0 Å². The van der Waals surface area contributed by atoms with Gasteiger partial charge in [-0.1, -0.05) is 42.5 Å². The van der Waals surface area contributed by atoms with E-state index in [4.69, 9.17) is 0 Å². The van der Waals surface area contributed by atoms with Gasteiger partial charge in [-0.2, -0.15) is 13.2 Å². The van der Waals surface area contributed by atoms with Crippen molar-refractivity contribution in [3.8, 4) is 0 Å². The van der Waals surface area contributed by atoms with E-state index in [1.807, 2.05) is 0 Å². The van der Waals surface area contributed by atoms with Gasteiger partial charge in [0.25, 0.3) is 0 Å². The molecule has 4 heteroatoms. The van der Waals surface area contributed by atoms with Crippen LogP contribution in [0.4, 0.5) is 13.2 Å². The largest absolute Gasteiger partial charge is 0.416 e. The number of hydrogen-bond donors (Lipinski definition) is 0. The molecule has 20 heavy (non-hydrogen) atoms. The first-order chi connectivity index (χ1) is 9.36. The summed E-state index contributed by atoms with van der Waals surface area (Å²) in [7, 11) is 0. The third-order valence-corrected chi connectivity index (χ3v) is 3.02. The molecule has 0 radical (unpaired) electrons. The van der Waals surface area contributed by atoms with Gasteiger partial charge in [-0.15, -0.1) is 0 Å². The van der Waals surface area contributed by atoms with Gasteiger partial charge in [-0.25, -0.2) is 0 Å². The van der Waals surface area contributed by atoms with Crippen molar-refractivity contribution in [3.05, 3.63) is 70.8 Å². The number of halogens is 3. The summed E-state index contributed by atoms with van der Waals surface area (Å²) in [5.74, 6) is -0.0318. The van der Waals surface area contributed by atoms with Crippen molar-refractivity contribution in [2.24, 2.45) is 0 Å². The highest BCUT2D eigenvalue weighted by molar-refractivity contribution is 5.94. The van der Waals surface area contributed by atoms with Crippen LogP contribution in [0, 0.1) is 0 Å². The Morgan fingerprint density at radius 3 is 2.20 bits per heavy atom. The highest BCUT2D eigenvalue weighted by Crippen LogP contribution is 2.29. The molecule has 0 aromatic heterocycles. The molecule has 0 saturated heterocycles. The van der Waals surface area contributed by atoms with Crippen molar-refractivity contribution in [1.82, 2.24) is 0 Å². The van der Waals surface area contributed by atoms with Gasteiger partial charge in [0.1, 0.15) is 0 Å². The van der Waals surface area contributed by atoms with Gasteiger partial charge in [-0.05, 0) is 30.5 Å². The molecule has 0 aliphatic rings. The summed E-state index contributed by atoms with van der Waals surface area (Å²) in [5, 5.41) is 0. The second-order valence-electron chi connectivity index (χ2n) is 4.63. The molecule has 0 spiro atoms. The summed E-state index contributed by atoms with van der Waals surface area (Å²) < 4.78 is 37.8. The Morgan fingerprint density at radius 2 is 1.65 bits per heavy atom. The lowest BCUT2D eigenvalue weighted by atomic mass is 10.0. The number of benzene rings is 2. The summed E-state index contributed by atoms with van der Waals surface area (Å²) in [5.41, 5.74) is 1.41. The third kappa shape index (κ3) is 3.47. The monoisotopic (exact) mass is 278 g/mol. The molecule has 2 aromatic rings. The van der Waals surface area contributed by atoms with Crippen LogP contribution >= 0.6 is 0 Å². The standard InChI is InChI=1S/C16H13F3O/c1-11(20)14-7-5-12(6-8-14)9-13-3-2-4-15(10-13)16(17,18)19/h2-8,10H,9H2,1H3. The summed E-state index contributed by atoms with van der Waals surface area (Å²) >= 11 is 0. The Balaban J connectivity index is 2.20. The second kappa shape index (κ2) is 5.49. The highest BCUT2D eigenvalue weighted by Gasteiger charge is 2.30. The maximum atomic E-state index is 12.6. The van der Waals surface area contributed by atoms with Gasteiger partial charge in [0.2, 0.25) is 0 Å². The molecule has 0 bridgehead atoms. The third-order valence-electron chi connectivity index (χ3n) is 3.02. The van der Waals surface area contributed by atoms with Crippen LogP contribution in [0.2, 0.25) is 0 Å². The lowest BCUT2D eigenvalue weighted by Crippen LogP contribution is -2.05. The van der Waals surface area contributed by atoms with Crippen molar-refractivity contribution >= 4 is 5.78 Å². The van der Waals surface area contributed by atoms with E-state index in [-0.39, 0.29) is 5.78 Å². The molecule has 2 rings (SSSR count). The lowest BCUT2D eigenvalue weighted by molar-refractivity contribution is -0.137. The fourth-order valence-corrected chi connectivity index (χ4v) is 1.95. The van der Waals surface area contributed by atoms with Gasteiger partial charge < -0.3 is 0 Å². The van der Waals surface area contributed by atoms with Gasteiger partial charge in [0.15, 0.2) is 5.78 Å². The number of rotatable bonds is 3. The zero-order valence-electron chi connectivity index (χ0n) is 10.9. The van der Waals surface area contributed by atoms with Crippen LogP contribution in [0.1, 0.15) is 34.0 Å². The van der Waals surface area contributed by atoms with E-state index in [2.05, 4.69) is 0 Å². The van der Waals surface area contributed by atoms with Gasteiger partial charge >= 0.3 is 6.18 Å². The minimum atomic E-state index is -4.32. The van der Waals surface area contributed by atoms with E-state index >= 15 is 0 Å². The molecule has 0 saturated carbocycles. The highest BCUT2D eigenvalue weighted by atomic mass is 19.4. The second-order valence-corrected chi connectivity index (χ2v) is 4.63. The quantitative estimate of drug-likeness (QED) is 0.755. The van der Waals surface area contributed by atoms with Crippen LogP contribution in [0.3, 0.4) is 0 Å². The maximum absolute atomic E-state index is 12.6. The molecule has 0 aliphatic carbocycles. The Labute approximate surface area is 115 Å². The van der Waals surface area contributed by atoms with E-state index in [1.165, 1.54) is 13.0 Å². The maximum Gasteiger partial charge on any atom is 0.416 e. The summed E-state index contributed by atoms with van der Waals surface area (Å²) in [6.45, 7) is 1.47. The minimum Gasteiger partial charge on any atom is -0.295 e. The number of ketones is 1. The van der Waals surface area contributed by atoms with Crippen molar-refractivity contribution in [2.75, 3.05) is 0 Å². The van der Waals surface area contributed by atoms with E-state index in [9.17, 15) is 18.0 Å². The fraction of sp³-hybridized carbons (Fsp3) is 0.188. The number of alkyl halides is 3. The van der Waals surface area contributed by atoms with E-state index < -0.39 is 11.7 Å². The molecule has 0 atom stereocenters. The molecule has 0 unspecified atom stereocenters. The van der Waals surface area contributed by atoms with Gasteiger partial charge in [0.05, 0.1) is 5.56 Å². The van der Waals surface area contributed by atoms with E-state index in [1.54, 1.807) is 30.3 Å². The Kier molecular flexibility index (Phi) is 3.93. The average molecular weight is 278 g/mol. The van der Waals surface area contributed by atoms with Crippen molar-refractivity contribution in [2.45, 2.75) is 19.5 Å².